The minimum atomic E-state index is 0.0782. The SMILES string of the molecule is CN(CC1CCC2(CCCC2)O1)C(C)(C)CN. The number of ether oxygens (including phenoxy) is 1. The Morgan fingerprint density at radius 3 is 2.53 bits per heavy atom. The molecule has 2 aliphatic rings. The molecule has 0 amide bonds. The zero-order chi connectivity index (χ0) is 12.5. The molecule has 0 aromatic carbocycles. The molecule has 2 fully saturated rings. The molecule has 0 aromatic heterocycles. The Morgan fingerprint density at radius 1 is 1.29 bits per heavy atom. The molecular weight excluding hydrogens is 212 g/mol. The van der Waals surface area contributed by atoms with Crippen LogP contribution in [0.2, 0.25) is 0 Å². The van der Waals surface area contributed by atoms with Gasteiger partial charge in [0.05, 0.1) is 11.7 Å². The average molecular weight is 240 g/mol. The van der Waals surface area contributed by atoms with E-state index in [9.17, 15) is 0 Å². The lowest BCUT2D eigenvalue weighted by atomic mass is 9.98. The Balaban J connectivity index is 1.85. The zero-order valence-electron chi connectivity index (χ0n) is 11.7. The molecule has 100 valence electrons. The fourth-order valence-electron chi connectivity index (χ4n) is 3.12. The van der Waals surface area contributed by atoms with Crippen molar-refractivity contribution in [2.75, 3.05) is 20.1 Å². The van der Waals surface area contributed by atoms with Gasteiger partial charge >= 0.3 is 0 Å². The van der Waals surface area contributed by atoms with Gasteiger partial charge in [-0.25, -0.2) is 0 Å². The van der Waals surface area contributed by atoms with Crippen molar-refractivity contribution in [3.8, 4) is 0 Å². The monoisotopic (exact) mass is 240 g/mol. The second kappa shape index (κ2) is 4.87. The molecule has 1 saturated heterocycles. The van der Waals surface area contributed by atoms with Crippen molar-refractivity contribution in [3.63, 3.8) is 0 Å². The predicted octanol–water partition coefficient (Wildman–Crippen LogP) is 2.15. The molecule has 2 rings (SSSR count). The van der Waals surface area contributed by atoms with Gasteiger partial charge in [0.2, 0.25) is 0 Å². The van der Waals surface area contributed by atoms with Crippen molar-refractivity contribution in [1.82, 2.24) is 4.90 Å². The van der Waals surface area contributed by atoms with Crippen LogP contribution in [-0.2, 0) is 4.74 Å². The molecule has 1 unspecified atom stereocenters. The van der Waals surface area contributed by atoms with E-state index in [-0.39, 0.29) is 11.1 Å². The lowest BCUT2D eigenvalue weighted by Crippen LogP contribution is -2.49. The van der Waals surface area contributed by atoms with Gasteiger partial charge in [-0.15, -0.1) is 0 Å². The molecule has 1 atom stereocenters. The first-order chi connectivity index (χ1) is 7.97. The Kier molecular flexibility index (Phi) is 3.81. The molecule has 17 heavy (non-hydrogen) atoms. The summed E-state index contributed by atoms with van der Waals surface area (Å²) in [6.45, 7) is 6.12. The second-order valence-electron chi connectivity index (χ2n) is 6.57. The van der Waals surface area contributed by atoms with E-state index >= 15 is 0 Å². The average Bonchev–Trinajstić information content (AvgIpc) is 2.90. The van der Waals surface area contributed by atoms with Crippen molar-refractivity contribution in [2.24, 2.45) is 5.73 Å². The Hall–Kier alpha value is -0.120. The molecule has 2 N–H and O–H groups in total. The summed E-state index contributed by atoms with van der Waals surface area (Å²) in [4.78, 5) is 2.35. The third-order valence-corrected chi connectivity index (χ3v) is 4.86. The largest absolute Gasteiger partial charge is 0.370 e. The van der Waals surface area contributed by atoms with Crippen LogP contribution >= 0.6 is 0 Å². The molecule has 3 heteroatoms. The molecule has 1 aliphatic carbocycles. The number of likely N-dealkylation sites (N-methyl/N-ethyl adjacent to an activating group) is 1. The van der Waals surface area contributed by atoms with Gasteiger partial charge in [0.25, 0.3) is 0 Å². The molecule has 1 saturated carbocycles. The van der Waals surface area contributed by atoms with Crippen LogP contribution in [-0.4, -0.2) is 42.3 Å². The first-order valence-corrected chi connectivity index (χ1v) is 7.07. The molecule has 0 aromatic rings. The van der Waals surface area contributed by atoms with Crippen LogP contribution in [0, 0.1) is 0 Å². The number of hydrogen-bond donors (Lipinski definition) is 1. The minimum absolute atomic E-state index is 0.0782. The summed E-state index contributed by atoms with van der Waals surface area (Å²) in [5, 5.41) is 0. The number of nitrogens with two attached hydrogens (primary N) is 1. The predicted molar refractivity (Wildman–Crippen MR) is 71.1 cm³/mol. The van der Waals surface area contributed by atoms with E-state index in [0.717, 1.165) is 6.54 Å². The van der Waals surface area contributed by atoms with Crippen LogP contribution in [0.25, 0.3) is 0 Å². The van der Waals surface area contributed by atoms with Gasteiger partial charge in [0.1, 0.15) is 0 Å². The summed E-state index contributed by atoms with van der Waals surface area (Å²) in [5.74, 6) is 0. The zero-order valence-corrected chi connectivity index (χ0v) is 11.7. The maximum Gasteiger partial charge on any atom is 0.0710 e. The van der Waals surface area contributed by atoms with Crippen molar-refractivity contribution in [3.05, 3.63) is 0 Å². The fourth-order valence-corrected chi connectivity index (χ4v) is 3.12. The summed E-state index contributed by atoms with van der Waals surface area (Å²) >= 11 is 0. The number of hydrogen-bond acceptors (Lipinski definition) is 3. The standard InChI is InChI=1S/C14H28N2O/c1-13(2,11-15)16(3)10-12-6-9-14(17-12)7-4-5-8-14/h12H,4-11,15H2,1-3H3. The van der Waals surface area contributed by atoms with Crippen LogP contribution in [0.3, 0.4) is 0 Å². The molecule has 1 heterocycles. The van der Waals surface area contributed by atoms with Crippen molar-refractivity contribution in [2.45, 2.75) is 69.6 Å². The summed E-state index contributed by atoms with van der Waals surface area (Å²) < 4.78 is 6.34. The van der Waals surface area contributed by atoms with Crippen LogP contribution in [0.4, 0.5) is 0 Å². The highest BCUT2D eigenvalue weighted by Crippen LogP contribution is 2.43. The summed E-state index contributed by atoms with van der Waals surface area (Å²) in [6, 6.07) is 0. The van der Waals surface area contributed by atoms with Crippen LogP contribution in [0.5, 0.6) is 0 Å². The van der Waals surface area contributed by atoms with Crippen molar-refractivity contribution in [1.29, 1.82) is 0 Å². The van der Waals surface area contributed by atoms with E-state index in [0.29, 0.717) is 12.6 Å². The van der Waals surface area contributed by atoms with Gasteiger partial charge in [-0.2, -0.15) is 0 Å². The summed E-state index contributed by atoms with van der Waals surface area (Å²) in [7, 11) is 2.16. The van der Waals surface area contributed by atoms with Gasteiger partial charge < -0.3 is 10.5 Å². The van der Waals surface area contributed by atoms with Gasteiger partial charge in [0, 0.05) is 18.6 Å². The minimum Gasteiger partial charge on any atom is -0.370 e. The summed E-state index contributed by atoms with van der Waals surface area (Å²) in [5.41, 5.74) is 6.16. The van der Waals surface area contributed by atoms with E-state index in [1.54, 1.807) is 0 Å². The van der Waals surface area contributed by atoms with Crippen molar-refractivity contribution < 1.29 is 4.74 Å². The fraction of sp³-hybridized carbons (Fsp3) is 1.00. The molecular formula is C14H28N2O. The third-order valence-electron chi connectivity index (χ3n) is 4.86. The number of nitrogens with zero attached hydrogens (tertiary/aromatic N) is 1. The topological polar surface area (TPSA) is 38.5 Å². The maximum atomic E-state index is 6.34. The lowest BCUT2D eigenvalue weighted by Gasteiger charge is -2.36. The Bertz CT molecular complexity index is 259. The Morgan fingerprint density at radius 2 is 1.94 bits per heavy atom. The molecule has 1 aliphatic heterocycles. The lowest BCUT2D eigenvalue weighted by molar-refractivity contribution is -0.0529. The third kappa shape index (κ3) is 2.83. The quantitative estimate of drug-likeness (QED) is 0.818. The van der Waals surface area contributed by atoms with Crippen LogP contribution in [0.1, 0.15) is 52.4 Å². The Labute approximate surface area is 106 Å². The normalized spacial score (nSPS) is 28.4. The molecule has 3 nitrogen and oxygen atoms in total. The van der Waals surface area contributed by atoms with Crippen molar-refractivity contribution >= 4 is 0 Å². The molecule has 0 radical (unpaired) electrons. The van der Waals surface area contributed by atoms with E-state index in [2.05, 4.69) is 25.8 Å². The highest BCUT2D eigenvalue weighted by molar-refractivity contribution is 4.94. The smallest absolute Gasteiger partial charge is 0.0710 e. The molecule has 1 spiro atoms. The van der Waals surface area contributed by atoms with Gasteiger partial charge in [-0.3, -0.25) is 4.90 Å². The van der Waals surface area contributed by atoms with E-state index in [1.165, 1.54) is 38.5 Å². The van der Waals surface area contributed by atoms with Gasteiger partial charge in [-0.1, -0.05) is 12.8 Å². The van der Waals surface area contributed by atoms with Gasteiger partial charge in [-0.05, 0) is 46.6 Å². The van der Waals surface area contributed by atoms with E-state index in [1.807, 2.05) is 0 Å². The van der Waals surface area contributed by atoms with Gasteiger partial charge in [0.15, 0.2) is 0 Å². The highest BCUT2D eigenvalue weighted by atomic mass is 16.5. The first-order valence-electron chi connectivity index (χ1n) is 7.07. The second-order valence-corrected chi connectivity index (χ2v) is 6.57. The van der Waals surface area contributed by atoms with Crippen LogP contribution in [0.15, 0.2) is 0 Å². The van der Waals surface area contributed by atoms with E-state index in [4.69, 9.17) is 10.5 Å². The van der Waals surface area contributed by atoms with Crippen LogP contribution < -0.4 is 5.73 Å². The highest BCUT2D eigenvalue weighted by Gasteiger charge is 2.42. The number of rotatable bonds is 4. The maximum absolute atomic E-state index is 6.34. The first kappa shape index (κ1) is 13.3. The molecule has 0 bridgehead atoms. The summed E-state index contributed by atoms with van der Waals surface area (Å²) in [6.07, 6.45) is 8.21. The van der Waals surface area contributed by atoms with E-state index < -0.39 is 0 Å².